The summed E-state index contributed by atoms with van der Waals surface area (Å²) in [4.78, 5) is 27.1. The molecule has 3 aromatic rings. The normalized spacial score (nSPS) is 14.5. The van der Waals surface area contributed by atoms with Gasteiger partial charge in [-0.3, -0.25) is 9.59 Å². The van der Waals surface area contributed by atoms with E-state index in [1.807, 2.05) is 49.4 Å². The Morgan fingerprint density at radius 2 is 1.77 bits per heavy atom. The monoisotopic (exact) mass is 505 g/mol. The van der Waals surface area contributed by atoms with Crippen LogP contribution in [-0.4, -0.2) is 17.8 Å². The molecule has 0 saturated carbocycles. The van der Waals surface area contributed by atoms with Gasteiger partial charge in [0.05, 0.1) is 17.2 Å². The number of para-hydroxylation sites is 1. The fourth-order valence-corrected chi connectivity index (χ4v) is 4.62. The number of halogens is 1. The van der Waals surface area contributed by atoms with E-state index in [0.29, 0.717) is 46.7 Å². The SMILES string of the molecule is C=CCc1cc(/C=C2\SC(=O)N(c3ccccc3)C2=O)cc(OCC)c1OCc1ccc(Cl)cc1. The zero-order valence-electron chi connectivity index (χ0n) is 19.2. The van der Waals surface area contributed by atoms with E-state index in [4.69, 9.17) is 21.1 Å². The number of imide groups is 1. The molecule has 3 aromatic carbocycles. The predicted molar refractivity (Wildman–Crippen MR) is 142 cm³/mol. The fourth-order valence-electron chi connectivity index (χ4n) is 3.66. The summed E-state index contributed by atoms with van der Waals surface area (Å²) < 4.78 is 12.1. The molecule has 1 fully saturated rings. The molecule has 0 bridgehead atoms. The molecule has 4 rings (SSSR count). The Labute approximate surface area is 214 Å². The molecule has 178 valence electrons. The zero-order chi connectivity index (χ0) is 24.8. The van der Waals surface area contributed by atoms with Crippen molar-refractivity contribution in [3.63, 3.8) is 0 Å². The first-order valence-electron chi connectivity index (χ1n) is 11.1. The van der Waals surface area contributed by atoms with E-state index in [1.165, 1.54) is 4.90 Å². The molecule has 1 saturated heterocycles. The van der Waals surface area contributed by atoms with Crippen LogP contribution in [0.2, 0.25) is 5.02 Å². The molecule has 0 unspecified atom stereocenters. The second-order valence-electron chi connectivity index (χ2n) is 7.70. The molecule has 5 nitrogen and oxygen atoms in total. The standard InChI is InChI=1S/C28H24ClNO4S/c1-3-8-21-15-20(17-25-27(31)30(28(32)35-25)23-9-6-5-7-10-23)16-24(33-4-2)26(21)34-18-19-11-13-22(29)14-12-19/h3,5-7,9-17H,1,4,8,18H2,2H3/b25-17-. The highest BCUT2D eigenvalue weighted by molar-refractivity contribution is 8.19. The Hall–Kier alpha value is -3.48. The quantitative estimate of drug-likeness (QED) is 0.226. The minimum Gasteiger partial charge on any atom is -0.490 e. The Balaban J connectivity index is 1.65. The molecule has 7 heteroatoms. The molecule has 1 heterocycles. The smallest absolute Gasteiger partial charge is 0.298 e. The van der Waals surface area contributed by atoms with E-state index >= 15 is 0 Å². The van der Waals surface area contributed by atoms with Crippen molar-refractivity contribution in [3.05, 3.63) is 106 Å². The highest BCUT2D eigenvalue weighted by atomic mass is 35.5. The van der Waals surface area contributed by atoms with Gasteiger partial charge in [-0.05, 0) is 78.7 Å². The van der Waals surface area contributed by atoms with E-state index < -0.39 is 0 Å². The fraction of sp³-hybridized carbons (Fsp3) is 0.143. The summed E-state index contributed by atoms with van der Waals surface area (Å²) in [5.74, 6) is 0.836. The van der Waals surface area contributed by atoms with Gasteiger partial charge in [0.15, 0.2) is 11.5 Å². The van der Waals surface area contributed by atoms with Gasteiger partial charge in [0.1, 0.15) is 6.61 Å². The molecule has 0 radical (unpaired) electrons. The highest BCUT2D eigenvalue weighted by Crippen LogP contribution is 2.39. The van der Waals surface area contributed by atoms with E-state index in [-0.39, 0.29) is 11.1 Å². The maximum absolute atomic E-state index is 13.0. The summed E-state index contributed by atoms with van der Waals surface area (Å²) in [6, 6.07) is 20.1. The van der Waals surface area contributed by atoms with Gasteiger partial charge in [0.25, 0.3) is 11.1 Å². The van der Waals surface area contributed by atoms with Crippen molar-refractivity contribution < 1.29 is 19.1 Å². The molecule has 0 N–H and O–H groups in total. The largest absolute Gasteiger partial charge is 0.490 e. The number of benzene rings is 3. The van der Waals surface area contributed by atoms with E-state index in [1.54, 1.807) is 36.4 Å². The minimum absolute atomic E-state index is 0.327. The Bertz CT molecular complexity index is 1270. The maximum Gasteiger partial charge on any atom is 0.298 e. The summed E-state index contributed by atoms with van der Waals surface area (Å²) in [6.07, 6.45) is 4.04. The number of carbonyl (C=O) groups excluding carboxylic acids is 2. The molecule has 1 aliphatic heterocycles. The molecular formula is C28H24ClNO4S. The van der Waals surface area contributed by atoms with Crippen LogP contribution < -0.4 is 14.4 Å². The molecule has 0 spiro atoms. The Kier molecular flexibility index (Phi) is 7.95. The lowest BCUT2D eigenvalue weighted by molar-refractivity contribution is -0.113. The van der Waals surface area contributed by atoms with Gasteiger partial charge in [-0.2, -0.15) is 0 Å². The van der Waals surface area contributed by atoms with Crippen LogP contribution in [0.25, 0.3) is 6.08 Å². The maximum atomic E-state index is 13.0. The summed E-state index contributed by atoms with van der Waals surface area (Å²) in [5.41, 5.74) is 3.13. The van der Waals surface area contributed by atoms with Gasteiger partial charge in [0, 0.05) is 10.6 Å². The molecule has 0 aliphatic carbocycles. The lowest BCUT2D eigenvalue weighted by Gasteiger charge is -2.17. The Morgan fingerprint density at radius 3 is 2.46 bits per heavy atom. The van der Waals surface area contributed by atoms with Crippen LogP contribution in [0.4, 0.5) is 10.5 Å². The third-order valence-corrected chi connectivity index (χ3v) is 6.34. The first-order valence-corrected chi connectivity index (χ1v) is 12.3. The number of ether oxygens (including phenoxy) is 2. The van der Waals surface area contributed by atoms with Crippen LogP contribution in [0.1, 0.15) is 23.6 Å². The lowest BCUT2D eigenvalue weighted by atomic mass is 10.0. The zero-order valence-corrected chi connectivity index (χ0v) is 20.8. The molecule has 35 heavy (non-hydrogen) atoms. The first-order chi connectivity index (χ1) is 17.0. The van der Waals surface area contributed by atoms with Crippen molar-refractivity contribution in [1.29, 1.82) is 0 Å². The van der Waals surface area contributed by atoms with Crippen molar-refractivity contribution in [2.75, 3.05) is 11.5 Å². The van der Waals surface area contributed by atoms with Crippen LogP contribution in [0.5, 0.6) is 11.5 Å². The molecule has 2 amide bonds. The highest BCUT2D eigenvalue weighted by Gasteiger charge is 2.36. The molecule has 1 aliphatic rings. The van der Waals surface area contributed by atoms with Crippen LogP contribution in [-0.2, 0) is 17.8 Å². The average Bonchev–Trinajstić information content (AvgIpc) is 3.13. The first kappa shape index (κ1) is 24.6. The van der Waals surface area contributed by atoms with E-state index in [2.05, 4.69) is 6.58 Å². The van der Waals surface area contributed by atoms with E-state index in [0.717, 1.165) is 28.5 Å². The number of carbonyl (C=O) groups is 2. The summed E-state index contributed by atoms with van der Waals surface area (Å²) in [7, 11) is 0. The number of anilines is 1. The van der Waals surface area contributed by atoms with Crippen molar-refractivity contribution in [2.24, 2.45) is 0 Å². The van der Waals surface area contributed by atoms with Gasteiger partial charge in [-0.15, -0.1) is 6.58 Å². The number of hydrogen-bond donors (Lipinski definition) is 0. The summed E-state index contributed by atoms with van der Waals surface area (Å²) in [6.45, 7) is 6.55. The second-order valence-corrected chi connectivity index (χ2v) is 9.13. The van der Waals surface area contributed by atoms with Gasteiger partial charge in [0.2, 0.25) is 0 Å². The average molecular weight is 506 g/mol. The van der Waals surface area contributed by atoms with Crippen LogP contribution in [0.15, 0.2) is 84.3 Å². The summed E-state index contributed by atoms with van der Waals surface area (Å²) >= 11 is 6.90. The Morgan fingerprint density at radius 1 is 1.03 bits per heavy atom. The molecule has 0 aromatic heterocycles. The number of rotatable bonds is 9. The third-order valence-electron chi connectivity index (χ3n) is 5.22. The summed E-state index contributed by atoms with van der Waals surface area (Å²) in [5, 5.41) is 0.337. The number of nitrogens with zero attached hydrogens (tertiary/aromatic N) is 1. The van der Waals surface area contributed by atoms with Gasteiger partial charge < -0.3 is 9.47 Å². The number of thioether (sulfide) groups is 1. The predicted octanol–water partition coefficient (Wildman–Crippen LogP) is 7.29. The number of allylic oxidation sites excluding steroid dienone is 1. The third kappa shape index (κ3) is 5.78. The van der Waals surface area contributed by atoms with Crippen LogP contribution in [0.3, 0.4) is 0 Å². The van der Waals surface area contributed by atoms with Crippen molar-refractivity contribution in [3.8, 4) is 11.5 Å². The van der Waals surface area contributed by atoms with Crippen LogP contribution >= 0.6 is 23.4 Å². The van der Waals surface area contributed by atoms with Crippen molar-refractivity contribution >= 4 is 46.3 Å². The number of amides is 2. The van der Waals surface area contributed by atoms with Crippen LogP contribution in [0, 0.1) is 0 Å². The molecule has 0 atom stereocenters. The minimum atomic E-state index is -0.350. The van der Waals surface area contributed by atoms with Gasteiger partial charge in [-0.25, -0.2) is 4.90 Å². The van der Waals surface area contributed by atoms with Crippen molar-refractivity contribution in [1.82, 2.24) is 0 Å². The van der Waals surface area contributed by atoms with E-state index in [9.17, 15) is 9.59 Å². The second kappa shape index (κ2) is 11.3. The number of hydrogen-bond acceptors (Lipinski definition) is 5. The van der Waals surface area contributed by atoms with Gasteiger partial charge in [-0.1, -0.05) is 48.0 Å². The molecular weight excluding hydrogens is 482 g/mol. The van der Waals surface area contributed by atoms with Crippen molar-refractivity contribution in [2.45, 2.75) is 20.0 Å². The van der Waals surface area contributed by atoms with Gasteiger partial charge >= 0.3 is 0 Å². The lowest BCUT2D eigenvalue weighted by Crippen LogP contribution is -2.27. The topological polar surface area (TPSA) is 55.8 Å².